The quantitative estimate of drug-likeness (QED) is 0.245. The van der Waals surface area contributed by atoms with Crippen molar-refractivity contribution in [2.45, 2.75) is 124 Å². The van der Waals surface area contributed by atoms with Crippen molar-refractivity contribution in [2.24, 2.45) is 46.3 Å². The molecule has 3 saturated carbocycles. The van der Waals surface area contributed by atoms with Gasteiger partial charge in [0.05, 0.1) is 25.4 Å². The molecular weight excluding hydrogens is 524 g/mol. The molecule has 9 atom stereocenters. The summed E-state index contributed by atoms with van der Waals surface area (Å²) in [7, 11) is 0. The maximum atomic E-state index is 7.02. The van der Waals surface area contributed by atoms with Crippen molar-refractivity contribution in [1.29, 1.82) is 0 Å². The summed E-state index contributed by atoms with van der Waals surface area (Å²) in [6.07, 6.45) is 16.4. The number of hydrogen-bond donors (Lipinski definition) is 0. The third-order valence-electron chi connectivity index (χ3n) is 12.9. The first-order chi connectivity index (χ1) is 20.8. The van der Waals surface area contributed by atoms with Gasteiger partial charge in [-0.3, -0.25) is 0 Å². The standard InChI is InChI=1S/C41H58O2/c1-29(2)13-12-14-30(3)35-19-20-36-39-37(22-24-41(35,36)5)40(4)23-21-34(42-27-31-15-8-6-9-16-31)25-33(40)26-38(39)43-28-32-17-10-7-11-18-32/h6-11,15-18,26,29-30,34-39H,12-14,19-25,27-28H2,1-5H3/t30-,34-,35+,36-,37-,38+,39-,40-,41+/m0/s1. The van der Waals surface area contributed by atoms with E-state index >= 15 is 0 Å². The molecule has 0 radical (unpaired) electrons. The molecule has 0 heterocycles. The van der Waals surface area contributed by atoms with Crippen molar-refractivity contribution in [3.63, 3.8) is 0 Å². The lowest BCUT2D eigenvalue weighted by atomic mass is 9.46. The number of benzene rings is 2. The predicted molar refractivity (Wildman–Crippen MR) is 178 cm³/mol. The zero-order valence-electron chi connectivity index (χ0n) is 27.8. The Balaban J connectivity index is 1.24. The Labute approximate surface area is 263 Å². The van der Waals surface area contributed by atoms with Crippen molar-refractivity contribution in [3.8, 4) is 0 Å². The lowest BCUT2D eigenvalue weighted by Gasteiger charge is -2.60. The Morgan fingerprint density at radius 2 is 1.42 bits per heavy atom. The van der Waals surface area contributed by atoms with Crippen LogP contribution in [0.5, 0.6) is 0 Å². The number of fused-ring (bicyclic) bond motifs is 5. The highest BCUT2D eigenvalue weighted by molar-refractivity contribution is 5.28. The molecule has 0 unspecified atom stereocenters. The van der Waals surface area contributed by atoms with Crippen LogP contribution in [0.3, 0.4) is 0 Å². The van der Waals surface area contributed by atoms with Crippen LogP contribution in [0.2, 0.25) is 0 Å². The Morgan fingerprint density at radius 3 is 2.09 bits per heavy atom. The summed E-state index contributed by atoms with van der Waals surface area (Å²) in [6, 6.07) is 21.5. The number of hydrogen-bond acceptors (Lipinski definition) is 2. The van der Waals surface area contributed by atoms with Crippen LogP contribution in [0.1, 0.15) is 110 Å². The largest absolute Gasteiger partial charge is 0.373 e. The van der Waals surface area contributed by atoms with Crippen LogP contribution in [-0.4, -0.2) is 12.2 Å². The summed E-state index contributed by atoms with van der Waals surface area (Å²) in [6.45, 7) is 14.1. The van der Waals surface area contributed by atoms with Crippen molar-refractivity contribution in [1.82, 2.24) is 0 Å². The van der Waals surface area contributed by atoms with E-state index in [9.17, 15) is 0 Å². The van der Waals surface area contributed by atoms with Crippen LogP contribution in [0, 0.1) is 46.3 Å². The summed E-state index contributed by atoms with van der Waals surface area (Å²) in [5.41, 5.74) is 4.94. The van der Waals surface area contributed by atoms with E-state index in [0.29, 0.717) is 30.7 Å². The minimum Gasteiger partial charge on any atom is -0.373 e. The van der Waals surface area contributed by atoms with Gasteiger partial charge < -0.3 is 9.47 Å². The van der Waals surface area contributed by atoms with Crippen molar-refractivity contribution < 1.29 is 9.47 Å². The minimum atomic E-state index is 0.209. The molecular formula is C41H58O2. The molecule has 43 heavy (non-hydrogen) atoms. The van der Waals surface area contributed by atoms with E-state index in [2.05, 4.69) is 101 Å². The van der Waals surface area contributed by atoms with E-state index < -0.39 is 0 Å². The van der Waals surface area contributed by atoms with Crippen LogP contribution in [0.25, 0.3) is 0 Å². The highest BCUT2D eigenvalue weighted by Gasteiger charge is 2.61. The van der Waals surface area contributed by atoms with Gasteiger partial charge in [0.25, 0.3) is 0 Å². The monoisotopic (exact) mass is 582 g/mol. The molecule has 0 aliphatic heterocycles. The molecule has 4 aliphatic rings. The van der Waals surface area contributed by atoms with Gasteiger partial charge in [0.15, 0.2) is 0 Å². The molecule has 4 aliphatic carbocycles. The molecule has 234 valence electrons. The van der Waals surface area contributed by atoms with Crippen LogP contribution in [0.15, 0.2) is 72.3 Å². The van der Waals surface area contributed by atoms with E-state index in [0.717, 1.165) is 36.0 Å². The molecule has 2 heteroatoms. The minimum absolute atomic E-state index is 0.209. The molecule has 0 saturated heterocycles. The maximum absolute atomic E-state index is 7.02. The fraction of sp³-hybridized carbons (Fsp3) is 0.659. The number of rotatable bonds is 11. The van der Waals surface area contributed by atoms with E-state index in [-0.39, 0.29) is 11.5 Å². The van der Waals surface area contributed by atoms with Gasteiger partial charge in [-0.05, 0) is 102 Å². The Kier molecular flexibility index (Phi) is 9.56. The molecule has 2 nitrogen and oxygen atoms in total. The van der Waals surface area contributed by atoms with Gasteiger partial charge in [-0.1, -0.05) is 126 Å². The maximum Gasteiger partial charge on any atom is 0.0797 e. The third kappa shape index (κ3) is 6.44. The molecule has 0 aromatic heterocycles. The lowest BCUT2D eigenvalue weighted by Crippen LogP contribution is -2.55. The first-order valence-electron chi connectivity index (χ1n) is 17.8. The summed E-state index contributed by atoms with van der Waals surface area (Å²) >= 11 is 0. The van der Waals surface area contributed by atoms with Crippen LogP contribution < -0.4 is 0 Å². The van der Waals surface area contributed by atoms with Gasteiger partial charge in [-0.15, -0.1) is 0 Å². The molecule has 0 spiro atoms. The van der Waals surface area contributed by atoms with E-state index in [1.54, 1.807) is 5.57 Å². The lowest BCUT2D eigenvalue weighted by molar-refractivity contribution is -0.121. The zero-order chi connectivity index (χ0) is 30.0. The van der Waals surface area contributed by atoms with Gasteiger partial charge in [0, 0.05) is 0 Å². The highest BCUT2D eigenvalue weighted by Crippen LogP contribution is 2.67. The van der Waals surface area contributed by atoms with Crippen molar-refractivity contribution in [2.75, 3.05) is 0 Å². The van der Waals surface area contributed by atoms with Gasteiger partial charge in [-0.25, -0.2) is 0 Å². The normalized spacial score (nSPS) is 36.0. The fourth-order valence-corrected chi connectivity index (χ4v) is 10.5. The average Bonchev–Trinajstić information content (AvgIpc) is 3.37. The van der Waals surface area contributed by atoms with Crippen molar-refractivity contribution in [3.05, 3.63) is 83.4 Å². The van der Waals surface area contributed by atoms with E-state index in [1.807, 2.05) is 0 Å². The van der Waals surface area contributed by atoms with E-state index in [1.165, 1.54) is 68.9 Å². The SMILES string of the molecule is CC(C)CCC[C@H](C)[C@H]1CC[C@H]2[C@@H]3[C@H](OCc4ccccc4)C=C4C[C@@H](OCc5ccccc5)CC[C@]4(C)[C@H]3CC[C@]12C. The summed E-state index contributed by atoms with van der Waals surface area (Å²) < 4.78 is 13.6. The summed E-state index contributed by atoms with van der Waals surface area (Å²) in [4.78, 5) is 0. The second-order valence-corrected chi connectivity index (χ2v) is 15.9. The summed E-state index contributed by atoms with van der Waals surface area (Å²) in [5.74, 6) is 4.63. The Hall–Kier alpha value is -1.90. The molecule has 0 bridgehead atoms. The van der Waals surface area contributed by atoms with Gasteiger partial charge in [0.2, 0.25) is 0 Å². The van der Waals surface area contributed by atoms with E-state index in [4.69, 9.17) is 9.47 Å². The second-order valence-electron chi connectivity index (χ2n) is 15.9. The number of ether oxygens (including phenoxy) is 2. The highest BCUT2D eigenvalue weighted by atomic mass is 16.5. The topological polar surface area (TPSA) is 18.5 Å². The van der Waals surface area contributed by atoms with Gasteiger partial charge >= 0.3 is 0 Å². The molecule has 2 aromatic rings. The fourth-order valence-electron chi connectivity index (χ4n) is 10.5. The molecule has 2 aromatic carbocycles. The molecule has 6 rings (SSSR count). The van der Waals surface area contributed by atoms with Crippen molar-refractivity contribution >= 4 is 0 Å². The smallest absolute Gasteiger partial charge is 0.0797 e. The Morgan fingerprint density at radius 1 is 0.744 bits per heavy atom. The van der Waals surface area contributed by atoms with Gasteiger partial charge in [0.1, 0.15) is 0 Å². The second kappa shape index (κ2) is 13.2. The third-order valence-corrected chi connectivity index (χ3v) is 12.9. The van der Waals surface area contributed by atoms with Crippen LogP contribution in [0.4, 0.5) is 0 Å². The predicted octanol–water partition coefficient (Wildman–Crippen LogP) is 10.8. The first-order valence-corrected chi connectivity index (χ1v) is 17.8. The summed E-state index contributed by atoms with van der Waals surface area (Å²) in [5, 5.41) is 0. The first kappa shape index (κ1) is 31.1. The Bertz CT molecular complexity index is 1200. The molecule has 0 N–H and O–H groups in total. The van der Waals surface area contributed by atoms with Gasteiger partial charge in [-0.2, -0.15) is 0 Å². The molecule has 3 fully saturated rings. The van der Waals surface area contributed by atoms with Crippen LogP contribution >= 0.6 is 0 Å². The average molecular weight is 583 g/mol. The van der Waals surface area contributed by atoms with Crippen LogP contribution in [-0.2, 0) is 22.7 Å². The zero-order valence-corrected chi connectivity index (χ0v) is 27.8. The molecule has 0 amide bonds.